The van der Waals surface area contributed by atoms with Crippen LogP contribution in [0.3, 0.4) is 0 Å². The molecule has 0 amide bonds. The van der Waals surface area contributed by atoms with Crippen molar-refractivity contribution >= 4 is 0 Å². The van der Waals surface area contributed by atoms with Gasteiger partial charge in [-0.1, -0.05) is 31.2 Å². The summed E-state index contributed by atoms with van der Waals surface area (Å²) in [6.45, 7) is 1.60. The van der Waals surface area contributed by atoms with Crippen molar-refractivity contribution < 1.29 is 36.6 Å². The number of aliphatic hydroxyl groups is 2. The van der Waals surface area contributed by atoms with Crippen molar-refractivity contribution in [2.45, 2.75) is 37.4 Å². The molecule has 114 valence electrons. The smallest absolute Gasteiger partial charge is 0.388 e. The Morgan fingerprint density at radius 3 is 1.65 bits per heavy atom. The highest BCUT2D eigenvalue weighted by Crippen LogP contribution is 2.50. The van der Waals surface area contributed by atoms with E-state index in [4.69, 9.17) is 5.11 Å². The van der Waals surface area contributed by atoms with Crippen molar-refractivity contribution in [3.05, 3.63) is 35.4 Å². The third-order valence-corrected chi connectivity index (χ3v) is 2.92. The van der Waals surface area contributed by atoms with E-state index < -0.39 is 29.6 Å². The highest BCUT2D eigenvalue weighted by atomic mass is 19.4. The van der Waals surface area contributed by atoms with E-state index in [-0.39, 0.29) is 12.0 Å². The summed E-state index contributed by atoms with van der Waals surface area (Å²) in [7, 11) is 0. The predicted molar refractivity (Wildman–Crippen MR) is 57.7 cm³/mol. The molecule has 0 bridgehead atoms. The largest absolute Gasteiger partial charge is 0.430 e. The van der Waals surface area contributed by atoms with Gasteiger partial charge in [-0.15, -0.1) is 0 Å². The van der Waals surface area contributed by atoms with Crippen LogP contribution < -0.4 is 0 Å². The van der Waals surface area contributed by atoms with Crippen LogP contribution in [0.15, 0.2) is 24.3 Å². The van der Waals surface area contributed by atoms with E-state index in [0.29, 0.717) is 12.1 Å². The first kappa shape index (κ1) is 16.8. The van der Waals surface area contributed by atoms with E-state index in [1.165, 1.54) is 0 Å². The SMILES string of the molecule is CCC(O)c1ccc(C(O)(C(F)(F)F)C(F)(F)F)cc1. The summed E-state index contributed by atoms with van der Waals surface area (Å²) in [6.07, 6.45) is -12.6. The van der Waals surface area contributed by atoms with Gasteiger partial charge in [-0.3, -0.25) is 0 Å². The van der Waals surface area contributed by atoms with Gasteiger partial charge in [0.1, 0.15) is 0 Å². The zero-order chi connectivity index (χ0) is 15.8. The summed E-state index contributed by atoms with van der Waals surface area (Å²) >= 11 is 0. The molecule has 0 heterocycles. The quantitative estimate of drug-likeness (QED) is 0.840. The molecule has 0 aliphatic heterocycles. The van der Waals surface area contributed by atoms with E-state index in [1.807, 2.05) is 0 Å². The molecule has 1 aromatic rings. The van der Waals surface area contributed by atoms with Gasteiger partial charge in [-0.25, -0.2) is 0 Å². The Kier molecular flexibility index (Phi) is 4.40. The molecule has 1 rings (SSSR count). The second-order valence-corrected chi connectivity index (χ2v) is 4.25. The molecule has 0 fully saturated rings. The van der Waals surface area contributed by atoms with Gasteiger partial charge in [0, 0.05) is 5.56 Å². The molecule has 0 aromatic heterocycles. The number of halogens is 6. The molecule has 1 atom stereocenters. The average Bonchev–Trinajstić information content (AvgIpc) is 2.34. The van der Waals surface area contributed by atoms with Gasteiger partial charge in [0.2, 0.25) is 0 Å². The summed E-state index contributed by atoms with van der Waals surface area (Å²) in [4.78, 5) is 0. The molecular weight excluding hydrogens is 290 g/mol. The topological polar surface area (TPSA) is 40.5 Å². The number of hydrogen-bond donors (Lipinski definition) is 2. The van der Waals surface area contributed by atoms with Crippen molar-refractivity contribution in [2.24, 2.45) is 0 Å². The summed E-state index contributed by atoms with van der Waals surface area (Å²) < 4.78 is 75.6. The fraction of sp³-hybridized carbons (Fsp3) is 0.500. The van der Waals surface area contributed by atoms with Crippen molar-refractivity contribution in [2.75, 3.05) is 0 Å². The molecule has 2 nitrogen and oxygen atoms in total. The van der Waals surface area contributed by atoms with Crippen LogP contribution in [0.1, 0.15) is 30.6 Å². The number of rotatable bonds is 3. The third-order valence-electron chi connectivity index (χ3n) is 2.92. The minimum Gasteiger partial charge on any atom is -0.388 e. The van der Waals surface area contributed by atoms with Gasteiger partial charge in [-0.05, 0) is 12.0 Å². The van der Waals surface area contributed by atoms with Gasteiger partial charge < -0.3 is 10.2 Å². The number of hydrogen-bond acceptors (Lipinski definition) is 2. The zero-order valence-electron chi connectivity index (χ0n) is 10.3. The maximum atomic E-state index is 12.6. The normalized spacial score (nSPS) is 15.2. The highest BCUT2D eigenvalue weighted by Gasteiger charge is 2.71. The fourth-order valence-electron chi connectivity index (χ4n) is 1.67. The predicted octanol–water partition coefficient (Wildman–Crippen LogP) is 3.44. The van der Waals surface area contributed by atoms with E-state index in [0.717, 1.165) is 12.1 Å². The number of alkyl halides is 6. The summed E-state index contributed by atoms with van der Waals surface area (Å²) in [5, 5.41) is 18.6. The Morgan fingerprint density at radius 1 is 0.950 bits per heavy atom. The standard InChI is InChI=1S/C12H12F6O2/c1-2-9(19)7-3-5-8(6-4-7)10(20,11(13,14)15)12(16,17)18/h3-6,9,19-20H,2H2,1H3. The Labute approximate surface area is 110 Å². The molecule has 20 heavy (non-hydrogen) atoms. The molecule has 2 N–H and O–H groups in total. The summed E-state index contributed by atoms with van der Waals surface area (Å²) in [6, 6.07) is 2.86. The second-order valence-electron chi connectivity index (χ2n) is 4.25. The zero-order valence-corrected chi connectivity index (χ0v) is 10.3. The van der Waals surface area contributed by atoms with E-state index in [9.17, 15) is 31.4 Å². The van der Waals surface area contributed by atoms with Crippen LogP contribution in [0.2, 0.25) is 0 Å². The minimum atomic E-state index is -5.91. The van der Waals surface area contributed by atoms with Gasteiger partial charge in [-0.2, -0.15) is 26.3 Å². The molecule has 0 saturated heterocycles. The Balaban J connectivity index is 3.31. The molecule has 1 unspecified atom stereocenters. The lowest BCUT2D eigenvalue weighted by Gasteiger charge is -2.32. The summed E-state index contributed by atoms with van der Waals surface area (Å²) in [5.41, 5.74) is -6.11. The Hall–Kier alpha value is -1.28. The third kappa shape index (κ3) is 2.76. The van der Waals surface area contributed by atoms with Crippen LogP contribution in [0.25, 0.3) is 0 Å². The van der Waals surface area contributed by atoms with Crippen LogP contribution in [-0.4, -0.2) is 22.6 Å². The van der Waals surface area contributed by atoms with Crippen LogP contribution in [0.5, 0.6) is 0 Å². The van der Waals surface area contributed by atoms with Gasteiger partial charge >= 0.3 is 12.4 Å². The fourth-order valence-corrected chi connectivity index (χ4v) is 1.67. The van der Waals surface area contributed by atoms with E-state index in [2.05, 4.69) is 0 Å². The highest BCUT2D eigenvalue weighted by molar-refractivity contribution is 5.31. The summed E-state index contributed by atoms with van der Waals surface area (Å²) in [5.74, 6) is 0. The molecule has 8 heteroatoms. The molecule has 0 aliphatic carbocycles. The minimum absolute atomic E-state index is 0.169. The van der Waals surface area contributed by atoms with Crippen LogP contribution in [0, 0.1) is 0 Å². The molecule has 1 aromatic carbocycles. The van der Waals surface area contributed by atoms with Crippen molar-refractivity contribution in [1.29, 1.82) is 0 Å². The Bertz CT molecular complexity index is 435. The van der Waals surface area contributed by atoms with Gasteiger partial charge in [0.15, 0.2) is 0 Å². The van der Waals surface area contributed by atoms with Crippen LogP contribution >= 0.6 is 0 Å². The first-order valence-corrected chi connectivity index (χ1v) is 5.59. The lowest BCUT2D eigenvalue weighted by Crippen LogP contribution is -2.53. The van der Waals surface area contributed by atoms with Crippen LogP contribution in [0.4, 0.5) is 26.3 Å². The van der Waals surface area contributed by atoms with Crippen molar-refractivity contribution in [1.82, 2.24) is 0 Å². The lowest BCUT2D eigenvalue weighted by atomic mass is 9.91. The molecule has 0 saturated carbocycles. The number of aliphatic hydroxyl groups excluding tert-OH is 1. The maximum absolute atomic E-state index is 12.6. The molecule has 0 radical (unpaired) electrons. The van der Waals surface area contributed by atoms with Gasteiger partial charge in [0.25, 0.3) is 5.60 Å². The number of benzene rings is 1. The first-order chi connectivity index (χ1) is 8.95. The van der Waals surface area contributed by atoms with Crippen molar-refractivity contribution in [3.8, 4) is 0 Å². The van der Waals surface area contributed by atoms with Gasteiger partial charge in [0.05, 0.1) is 6.10 Å². The van der Waals surface area contributed by atoms with E-state index in [1.54, 1.807) is 6.92 Å². The molecule has 0 aliphatic rings. The Morgan fingerprint density at radius 2 is 1.35 bits per heavy atom. The monoisotopic (exact) mass is 302 g/mol. The van der Waals surface area contributed by atoms with Crippen molar-refractivity contribution in [3.63, 3.8) is 0 Å². The lowest BCUT2D eigenvalue weighted by molar-refractivity contribution is -0.376. The molecule has 0 spiro atoms. The maximum Gasteiger partial charge on any atom is 0.430 e. The second kappa shape index (κ2) is 5.25. The first-order valence-electron chi connectivity index (χ1n) is 5.59. The van der Waals surface area contributed by atoms with Crippen LogP contribution in [-0.2, 0) is 5.60 Å². The molecular formula is C12H12F6O2. The average molecular weight is 302 g/mol. The van der Waals surface area contributed by atoms with E-state index >= 15 is 0 Å².